The molecular weight excluding hydrogens is 356 g/mol. The summed E-state index contributed by atoms with van der Waals surface area (Å²) < 4.78 is 0. The number of fused-ring (bicyclic) bond motifs is 2. The Morgan fingerprint density at radius 3 is 1.39 bits per heavy atom. The molecule has 2 N–H and O–H groups in total. The zero-order valence-corrected chi connectivity index (χ0v) is 15.3. The highest BCUT2D eigenvalue weighted by molar-refractivity contribution is 6.22. The average Bonchev–Trinajstić information content (AvgIpc) is 3.14. The number of carbonyl (C=O) groups excluding carboxylic acids is 4. The van der Waals surface area contributed by atoms with Crippen molar-refractivity contribution in [3.8, 4) is 0 Å². The van der Waals surface area contributed by atoms with Crippen molar-refractivity contribution < 1.29 is 19.2 Å². The molecule has 2 heterocycles. The number of aryl methyl sites for hydroxylation is 2. The van der Waals surface area contributed by atoms with Gasteiger partial charge in [0, 0.05) is 0 Å². The monoisotopic (exact) mass is 376 g/mol. The zero-order chi connectivity index (χ0) is 19.7. The van der Waals surface area contributed by atoms with Crippen LogP contribution in [0.25, 0.3) is 0 Å². The van der Waals surface area contributed by atoms with Gasteiger partial charge >= 0.3 is 0 Å². The van der Waals surface area contributed by atoms with Crippen molar-refractivity contribution in [2.45, 2.75) is 38.5 Å². The Kier molecular flexibility index (Phi) is 4.77. The molecule has 2 aliphatic heterocycles. The fourth-order valence-electron chi connectivity index (χ4n) is 3.98. The number of hydrogen-bond acceptors (Lipinski definition) is 4. The minimum atomic E-state index is -0.320. The Morgan fingerprint density at radius 2 is 0.964 bits per heavy atom. The Hall–Kier alpha value is -3.28. The predicted octanol–water partition coefficient (Wildman–Crippen LogP) is 2.80. The van der Waals surface area contributed by atoms with E-state index in [9.17, 15) is 19.2 Å². The molecule has 142 valence electrons. The van der Waals surface area contributed by atoms with Crippen molar-refractivity contribution in [2.24, 2.45) is 0 Å². The number of benzene rings is 2. The van der Waals surface area contributed by atoms with Gasteiger partial charge in [0.2, 0.25) is 0 Å². The summed E-state index contributed by atoms with van der Waals surface area (Å²) in [7, 11) is 0. The smallest absolute Gasteiger partial charge is 0.259 e. The van der Waals surface area contributed by atoms with E-state index in [0.29, 0.717) is 22.3 Å². The third kappa shape index (κ3) is 3.22. The maximum atomic E-state index is 11.9. The second-order valence-corrected chi connectivity index (χ2v) is 7.16. The minimum absolute atomic E-state index is 0.304. The van der Waals surface area contributed by atoms with Crippen LogP contribution in [-0.4, -0.2) is 23.6 Å². The summed E-state index contributed by atoms with van der Waals surface area (Å²) in [6, 6.07) is 10.8. The molecule has 28 heavy (non-hydrogen) atoms. The molecule has 0 unspecified atom stereocenters. The third-order valence-electron chi connectivity index (χ3n) is 5.34. The van der Waals surface area contributed by atoms with E-state index < -0.39 is 0 Å². The normalized spacial score (nSPS) is 14.7. The second-order valence-electron chi connectivity index (χ2n) is 7.16. The fourth-order valence-corrected chi connectivity index (χ4v) is 3.98. The number of hydrogen-bond donors (Lipinski definition) is 2. The third-order valence-corrected chi connectivity index (χ3v) is 5.34. The van der Waals surface area contributed by atoms with E-state index in [2.05, 4.69) is 10.6 Å². The molecule has 0 saturated heterocycles. The molecule has 2 aromatic carbocycles. The number of rotatable bonds is 7. The predicted molar refractivity (Wildman–Crippen MR) is 102 cm³/mol. The summed E-state index contributed by atoms with van der Waals surface area (Å²) in [6.07, 6.45) is 5.31. The number of amides is 4. The second kappa shape index (κ2) is 7.38. The molecule has 0 bridgehead atoms. The molecule has 4 rings (SSSR count). The Morgan fingerprint density at radius 1 is 0.536 bits per heavy atom. The molecule has 2 aliphatic rings. The Bertz CT molecular complexity index is 928. The molecule has 0 aliphatic carbocycles. The molecule has 0 atom stereocenters. The SMILES string of the molecule is O=C1NC(=O)c2c(CCCCCCc3cccc4c3C(=O)NC4=O)cccc21. The van der Waals surface area contributed by atoms with E-state index in [4.69, 9.17) is 0 Å². The summed E-state index contributed by atoms with van der Waals surface area (Å²) in [5.41, 5.74) is 3.79. The van der Waals surface area contributed by atoms with Crippen LogP contribution in [0.5, 0.6) is 0 Å². The van der Waals surface area contributed by atoms with Crippen LogP contribution in [0.2, 0.25) is 0 Å². The quantitative estimate of drug-likeness (QED) is 0.574. The van der Waals surface area contributed by atoms with Crippen molar-refractivity contribution in [2.75, 3.05) is 0 Å². The lowest BCUT2D eigenvalue weighted by molar-refractivity contribution is 0.0862. The number of nitrogens with one attached hydrogen (secondary N) is 2. The van der Waals surface area contributed by atoms with Gasteiger partial charge in [0.1, 0.15) is 0 Å². The first-order chi connectivity index (χ1) is 13.6. The molecule has 6 heteroatoms. The van der Waals surface area contributed by atoms with E-state index in [1.54, 1.807) is 12.1 Å². The molecule has 0 spiro atoms. The van der Waals surface area contributed by atoms with Crippen molar-refractivity contribution in [1.82, 2.24) is 10.6 Å². The summed E-state index contributed by atoms with van der Waals surface area (Å²) >= 11 is 0. The Balaban J connectivity index is 1.29. The van der Waals surface area contributed by atoms with Crippen LogP contribution in [0.1, 0.15) is 78.2 Å². The lowest BCUT2D eigenvalue weighted by atomic mass is 9.96. The van der Waals surface area contributed by atoms with Gasteiger partial charge in [-0.1, -0.05) is 37.1 Å². The highest BCUT2D eigenvalue weighted by Gasteiger charge is 2.29. The highest BCUT2D eigenvalue weighted by Crippen LogP contribution is 2.23. The van der Waals surface area contributed by atoms with Gasteiger partial charge in [0.05, 0.1) is 22.3 Å². The van der Waals surface area contributed by atoms with Gasteiger partial charge in [-0.2, -0.15) is 0 Å². The van der Waals surface area contributed by atoms with Gasteiger partial charge < -0.3 is 0 Å². The molecular formula is C22H20N2O4. The first-order valence-electron chi connectivity index (χ1n) is 9.51. The first kappa shape index (κ1) is 18.1. The van der Waals surface area contributed by atoms with Crippen LogP contribution < -0.4 is 10.6 Å². The summed E-state index contributed by atoms with van der Waals surface area (Å²) in [5, 5.41) is 4.69. The van der Waals surface area contributed by atoms with Crippen LogP contribution in [0.4, 0.5) is 0 Å². The summed E-state index contributed by atoms with van der Waals surface area (Å²) in [6.45, 7) is 0. The summed E-state index contributed by atoms with van der Waals surface area (Å²) in [4.78, 5) is 47.3. The van der Waals surface area contributed by atoms with Crippen LogP contribution in [0.15, 0.2) is 36.4 Å². The van der Waals surface area contributed by atoms with Crippen molar-refractivity contribution in [3.05, 3.63) is 69.8 Å². The molecule has 0 radical (unpaired) electrons. The number of carbonyl (C=O) groups is 4. The maximum absolute atomic E-state index is 11.9. The van der Waals surface area contributed by atoms with E-state index in [0.717, 1.165) is 49.7 Å². The fraction of sp³-hybridized carbons (Fsp3) is 0.273. The topological polar surface area (TPSA) is 92.3 Å². The van der Waals surface area contributed by atoms with Gasteiger partial charge in [0.25, 0.3) is 23.6 Å². The largest absolute Gasteiger partial charge is 0.288 e. The van der Waals surface area contributed by atoms with E-state index in [-0.39, 0.29) is 23.6 Å². The molecule has 6 nitrogen and oxygen atoms in total. The lowest BCUT2D eigenvalue weighted by Crippen LogP contribution is -2.20. The highest BCUT2D eigenvalue weighted by atomic mass is 16.2. The van der Waals surface area contributed by atoms with Crippen molar-refractivity contribution >= 4 is 23.6 Å². The van der Waals surface area contributed by atoms with Gasteiger partial charge in [-0.15, -0.1) is 0 Å². The average molecular weight is 376 g/mol. The molecule has 4 amide bonds. The van der Waals surface area contributed by atoms with Crippen LogP contribution in [-0.2, 0) is 12.8 Å². The van der Waals surface area contributed by atoms with Gasteiger partial charge in [-0.05, 0) is 48.9 Å². The van der Waals surface area contributed by atoms with E-state index in [1.807, 2.05) is 24.3 Å². The lowest BCUT2D eigenvalue weighted by Gasteiger charge is -2.07. The number of imide groups is 2. The number of unbranched alkanes of at least 4 members (excludes halogenated alkanes) is 3. The van der Waals surface area contributed by atoms with Crippen molar-refractivity contribution in [3.63, 3.8) is 0 Å². The van der Waals surface area contributed by atoms with E-state index in [1.165, 1.54) is 0 Å². The van der Waals surface area contributed by atoms with Gasteiger partial charge in [-0.3, -0.25) is 29.8 Å². The molecule has 2 aromatic rings. The standard InChI is InChI=1S/C22H20N2O4/c25-19-15-11-5-9-13(17(15)21(27)23-19)7-3-1-2-4-8-14-10-6-12-16-18(14)22(28)24-20(16)26/h5-6,9-12H,1-4,7-8H2,(H,23,25,27)(H,24,26,28). The summed E-state index contributed by atoms with van der Waals surface area (Å²) in [5.74, 6) is -1.25. The first-order valence-corrected chi connectivity index (χ1v) is 9.51. The molecule has 0 aromatic heterocycles. The van der Waals surface area contributed by atoms with Crippen LogP contribution in [0, 0.1) is 0 Å². The van der Waals surface area contributed by atoms with Gasteiger partial charge in [0.15, 0.2) is 0 Å². The van der Waals surface area contributed by atoms with Gasteiger partial charge in [-0.25, -0.2) is 0 Å². The van der Waals surface area contributed by atoms with E-state index >= 15 is 0 Å². The van der Waals surface area contributed by atoms with Crippen LogP contribution >= 0.6 is 0 Å². The Labute approximate surface area is 162 Å². The zero-order valence-electron chi connectivity index (χ0n) is 15.3. The minimum Gasteiger partial charge on any atom is -0.288 e. The molecule has 0 saturated carbocycles. The maximum Gasteiger partial charge on any atom is 0.259 e. The molecule has 0 fully saturated rings. The van der Waals surface area contributed by atoms with Crippen molar-refractivity contribution in [1.29, 1.82) is 0 Å². The van der Waals surface area contributed by atoms with Crippen LogP contribution in [0.3, 0.4) is 0 Å².